The van der Waals surface area contributed by atoms with Crippen LogP contribution in [0.2, 0.25) is 0 Å². The summed E-state index contributed by atoms with van der Waals surface area (Å²) in [6.45, 7) is 8.66. The lowest BCUT2D eigenvalue weighted by molar-refractivity contribution is 0.348. The molecule has 0 spiro atoms. The van der Waals surface area contributed by atoms with E-state index in [4.69, 9.17) is 10.1 Å². The third-order valence-corrected chi connectivity index (χ3v) is 6.79. The van der Waals surface area contributed by atoms with Crippen molar-refractivity contribution in [2.75, 3.05) is 27.2 Å². The van der Waals surface area contributed by atoms with Crippen LogP contribution in [0.15, 0.2) is 72.1 Å². The van der Waals surface area contributed by atoms with Crippen molar-refractivity contribution in [2.45, 2.75) is 33.2 Å². The predicted molar refractivity (Wildman–Crippen MR) is 151 cm³/mol. The summed E-state index contributed by atoms with van der Waals surface area (Å²) in [6, 6.07) is 11.3. The number of aromatic nitrogens is 1. The van der Waals surface area contributed by atoms with Crippen LogP contribution >= 0.6 is 0 Å². The number of nitrogens with one attached hydrogen (secondary N) is 1. The number of allylic oxidation sites excluding steroid dienone is 3. The van der Waals surface area contributed by atoms with Crippen LogP contribution in [-0.2, 0) is 13.0 Å². The first kappa shape index (κ1) is 28.7. The molecule has 1 N–H and O–H groups in total. The highest BCUT2D eigenvalue weighted by Gasteiger charge is 2.22. The van der Waals surface area contributed by atoms with Gasteiger partial charge in [0.25, 0.3) is 0 Å². The van der Waals surface area contributed by atoms with Crippen molar-refractivity contribution in [3.05, 3.63) is 112 Å². The number of rotatable bonds is 12. The first-order chi connectivity index (χ1) is 18.2. The standard InChI is InChI=1S/C31H35F2N3O2/c1-6-7-12-24(34)16-18-35(4)19-17-25-21(2)36(20-23-11-8-9-14-27(23)32)22(3)29(31(25)37)26-13-10-15-28(38-5)30(26)33/h6-15,34H,1,16-20H2,2-5H3/b12-7-,34-24?. The molecular formula is C31H35F2N3O2. The van der Waals surface area contributed by atoms with E-state index in [1.54, 1.807) is 55.5 Å². The van der Waals surface area contributed by atoms with Gasteiger partial charge in [-0.05, 0) is 45.5 Å². The molecule has 0 aliphatic heterocycles. The molecule has 7 heteroatoms. The molecule has 0 radical (unpaired) electrons. The lowest BCUT2D eigenvalue weighted by Crippen LogP contribution is -2.29. The second-order valence-corrected chi connectivity index (χ2v) is 9.28. The third kappa shape index (κ3) is 6.53. The number of halogens is 2. The van der Waals surface area contributed by atoms with E-state index >= 15 is 4.39 Å². The largest absolute Gasteiger partial charge is 0.494 e. The van der Waals surface area contributed by atoms with Crippen LogP contribution in [0.1, 0.15) is 28.9 Å². The molecule has 38 heavy (non-hydrogen) atoms. The monoisotopic (exact) mass is 519 g/mol. The maximum Gasteiger partial charge on any atom is 0.193 e. The Labute approximate surface area is 223 Å². The third-order valence-electron chi connectivity index (χ3n) is 6.79. The van der Waals surface area contributed by atoms with Crippen molar-refractivity contribution in [3.63, 3.8) is 0 Å². The van der Waals surface area contributed by atoms with Gasteiger partial charge in [0.05, 0.1) is 19.2 Å². The molecule has 3 rings (SSSR count). The number of pyridine rings is 1. The van der Waals surface area contributed by atoms with Gasteiger partial charge in [-0.1, -0.05) is 49.1 Å². The molecule has 5 nitrogen and oxygen atoms in total. The number of benzene rings is 2. The average molecular weight is 520 g/mol. The quantitative estimate of drug-likeness (QED) is 0.233. The Morgan fingerprint density at radius 1 is 1.11 bits per heavy atom. The molecule has 0 unspecified atom stereocenters. The summed E-state index contributed by atoms with van der Waals surface area (Å²) in [5.41, 5.74) is 2.97. The molecule has 3 aromatic rings. The van der Waals surface area contributed by atoms with E-state index in [1.165, 1.54) is 19.2 Å². The fraction of sp³-hybridized carbons (Fsp3) is 0.290. The summed E-state index contributed by atoms with van der Waals surface area (Å²) >= 11 is 0. The first-order valence-electron chi connectivity index (χ1n) is 12.5. The highest BCUT2D eigenvalue weighted by Crippen LogP contribution is 2.31. The van der Waals surface area contributed by atoms with E-state index in [9.17, 15) is 9.18 Å². The second-order valence-electron chi connectivity index (χ2n) is 9.28. The lowest BCUT2D eigenvalue weighted by Gasteiger charge is -2.23. The van der Waals surface area contributed by atoms with Crippen molar-refractivity contribution in [3.8, 4) is 16.9 Å². The van der Waals surface area contributed by atoms with Crippen molar-refractivity contribution < 1.29 is 13.5 Å². The number of hydrogen-bond donors (Lipinski definition) is 1. The Bertz CT molecular complexity index is 1410. The molecule has 0 atom stereocenters. The number of likely N-dealkylation sites (N-methyl/N-ethyl adjacent to an activating group) is 1. The summed E-state index contributed by atoms with van der Waals surface area (Å²) < 4.78 is 37.0. The Kier molecular flexibility index (Phi) is 9.91. The van der Waals surface area contributed by atoms with Crippen molar-refractivity contribution in [1.82, 2.24) is 9.47 Å². The zero-order chi connectivity index (χ0) is 27.8. The summed E-state index contributed by atoms with van der Waals surface area (Å²) in [6.07, 6.45) is 6.06. The lowest BCUT2D eigenvalue weighted by atomic mass is 9.96. The molecule has 2 aromatic carbocycles. The predicted octanol–water partition coefficient (Wildman–Crippen LogP) is 6.09. The summed E-state index contributed by atoms with van der Waals surface area (Å²) in [4.78, 5) is 15.9. The molecule has 0 aliphatic rings. The molecule has 0 saturated carbocycles. The van der Waals surface area contributed by atoms with Gasteiger partial charge >= 0.3 is 0 Å². The molecule has 0 saturated heterocycles. The van der Waals surface area contributed by atoms with E-state index in [2.05, 4.69) is 11.5 Å². The van der Waals surface area contributed by atoms with Crippen LogP contribution in [0.4, 0.5) is 8.78 Å². The summed E-state index contributed by atoms with van der Waals surface area (Å²) in [7, 11) is 3.32. The van der Waals surface area contributed by atoms with E-state index in [-0.39, 0.29) is 34.7 Å². The topological polar surface area (TPSA) is 58.3 Å². The van der Waals surface area contributed by atoms with Gasteiger partial charge in [-0.3, -0.25) is 4.79 Å². The Balaban J connectivity index is 2.05. The van der Waals surface area contributed by atoms with Crippen LogP contribution in [0.25, 0.3) is 11.1 Å². The van der Waals surface area contributed by atoms with Crippen molar-refractivity contribution >= 4 is 5.71 Å². The number of nitrogens with zero attached hydrogens (tertiary/aromatic N) is 2. The zero-order valence-electron chi connectivity index (χ0n) is 22.5. The van der Waals surface area contributed by atoms with Gasteiger partial charge < -0.3 is 19.6 Å². The van der Waals surface area contributed by atoms with E-state index < -0.39 is 5.82 Å². The fourth-order valence-electron chi connectivity index (χ4n) is 4.53. The SMILES string of the molecule is C=C/C=C\C(=N)CCN(C)CCc1c(C)n(Cc2ccccc2F)c(C)c(-c2cccc(OC)c2F)c1=O. The summed E-state index contributed by atoms with van der Waals surface area (Å²) in [5.74, 6) is -0.893. The van der Waals surface area contributed by atoms with Gasteiger partial charge in [0.2, 0.25) is 0 Å². The minimum Gasteiger partial charge on any atom is -0.494 e. The van der Waals surface area contributed by atoms with Crippen LogP contribution < -0.4 is 10.2 Å². The Morgan fingerprint density at radius 2 is 1.84 bits per heavy atom. The van der Waals surface area contributed by atoms with E-state index in [1.807, 2.05) is 18.5 Å². The van der Waals surface area contributed by atoms with Gasteiger partial charge in [-0.25, -0.2) is 8.78 Å². The van der Waals surface area contributed by atoms with Crippen LogP contribution in [0, 0.1) is 30.9 Å². The highest BCUT2D eigenvalue weighted by molar-refractivity contribution is 5.92. The summed E-state index contributed by atoms with van der Waals surface area (Å²) in [5, 5.41) is 8.01. The van der Waals surface area contributed by atoms with Crippen LogP contribution in [-0.4, -0.2) is 42.4 Å². The van der Waals surface area contributed by atoms with Gasteiger partial charge in [-0.2, -0.15) is 0 Å². The normalized spacial score (nSPS) is 11.3. The molecule has 200 valence electrons. The molecule has 1 aromatic heterocycles. The Hall–Kier alpha value is -3.84. The molecule has 0 aliphatic carbocycles. The minimum atomic E-state index is -0.606. The maximum absolute atomic E-state index is 15.4. The van der Waals surface area contributed by atoms with Gasteiger partial charge in [0.15, 0.2) is 17.0 Å². The van der Waals surface area contributed by atoms with Crippen molar-refractivity contribution in [2.24, 2.45) is 0 Å². The van der Waals surface area contributed by atoms with Gasteiger partial charge in [0, 0.05) is 53.3 Å². The van der Waals surface area contributed by atoms with E-state index in [0.29, 0.717) is 48.5 Å². The second kappa shape index (κ2) is 13.1. The zero-order valence-corrected chi connectivity index (χ0v) is 22.5. The Morgan fingerprint density at radius 3 is 2.53 bits per heavy atom. The highest BCUT2D eigenvalue weighted by atomic mass is 19.1. The maximum atomic E-state index is 15.4. The fourth-order valence-corrected chi connectivity index (χ4v) is 4.53. The molecule has 0 fully saturated rings. The van der Waals surface area contributed by atoms with Crippen LogP contribution in [0.5, 0.6) is 5.75 Å². The molecular weight excluding hydrogens is 484 g/mol. The molecule has 0 amide bonds. The molecule has 1 heterocycles. The number of hydrogen-bond acceptors (Lipinski definition) is 4. The molecule has 0 bridgehead atoms. The average Bonchev–Trinajstić information content (AvgIpc) is 2.90. The number of ether oxygens (including phenoxy) is 1. The minimum absolute atomic E-state index is 0.0526. The van der Waals surface area contributed by atoms with E-state index in [0.717, 1.165) is 5.69 Å². The number of methoxy groups -OCH3 is 1. The van der Waals surface area contributed by atoms with Gasteiger partial charge in [0.1, 0.15) is 5.82 Å². The smallest absolute Gasteiger partial charge is 0.193 e. The van der Waals surface area contributed by atoms with Crippen molar-refractivity contribution in [1.29, 1.82) is 5.41 Å². The first-order valence-corrected chi connectivity index (χ1v) is 12.5. The van der Waals surface area contributed by atoms with Crippen LogP contribution in [0.3, 0.4) is 0 Å². The van der Waals surface area contributed by atoms with Gasteiger partial charge in [-0.15, -0.1) is 0 Å².